The molecular weight excluding hydrogens is 430 g/mol. The number of nitrogens with zero attached hydrogens (tertiary/aromatic N) is 2. The van der Waals surface area contributed by atoms with E-state index in [9.17, 15) is 14.7 Å². The molecule has 7 nitrogen and oxygen atoms in total. The molecule has 4 atom stereocenters. The predicted molar refractivity (Wildman–Crippen MR) is 129 cm³/mol. The Balaban J connectivity index is 1.21. The number of aromatic nitrogens is 1. The fourth-order valence-electron chi connectivity index (χ4n) is 5.75. The van der Waals surface area contributed by atoms with Gasteiger partial charge in [-0.25, -0.2) is 0 Å². The van der Waals surface area contributed by atoms with Gasteiger partial charge < -0.3 is 24.6 Å². The first kappa shape index (κ1) is 21.5. The maximum atomic E-state index is 13.2. The van der Waals surface area contributed by atoms with Crippen molar-refractivity contribution >= 4 is 16.7 Å². The third kappa shape index (κ3) is 3.74. The highest BCUT2D eigenvalue weighted by Gasteiger charge is 2.40. The van der Waals surface area contributed by atoms with Gasteiger partial charge >= 0.3 is 0 Å². The number of rotatable bonds is 4. The maximum absolute atomic E-state index is 13.2. The van der Waals surface area contributed by atoms with E-state index in [1.54, 1.807) is 22.9 Å². The van der Waals surface area contributed by atoms with E-state index < -0.39 is 6.10 Å². The van der Waals surface area contributed by atoms with Crippen LogP contribution < -0.4 is 10.9 Å². The second-order valence-electron chi connectivity index (χ2n) is 9.74. The lowest BCUT2D eigenvalue weighted by atomic mass is 9.93. The Hall–Kier alpha value is -3.00. The van der Waals surface area contributed by atoms with E-state index in [-0.39, 0.29) is 36.1 Å². The Morgan fingerprint density at radius 3 is 2.65 bits per heavy atom. The molecule has 3 aliphatic heterocycles. The fraction of sp³-hybridized carbons (Fsp3) is 0.407. The van der Waals surface area contributed by atoms with Gasteiger partial charge in [-0.1, -0.05) is 24.3 Å². The molecule has 6 rings (SSSR count). The van der Waals surface area contributed by atoms with E-state index in [0.717, 1.165) is 24.6 Å². The van der Waals surface area contributed by atoms with Crippen molar-refractivity contribution in [1.82, 2.24) is 14.8 Å². The average molecular weight is 460 g/mol. The normalized spacial score (nSPS) is 24.7. The summed E-state index contributed by atoms with van der Waals surface area (Å²) in [6.07, 6.45) is 3.73. The van der Waals surface area contributed by atoms with Crippen LogP contribution in [0.2, 0.25) is 0 Å². The fourth-order valence-corrected chi connectivity index (χ4v) is 5.75. The zero-order valence-electron chi connectivity index (χ0n) is 19.0. The minimum Gasteiger partial charge on any atom is -0.390 e. The van der Waals surface area contributed by atoms with Crippen molar-refractivity contribution < 1.29 is 14.6 Å². The molecule has 0 aliphatic carbocycles. The van der Waals surface area contributed by atoms with Crippen molar-refractivity contribution in [2.75, 3.05) is 13.2 Å². The molecule has 1 aromatic heterocycles. The number of aliphatic hydroxyl groups is 1. The molecule has 2 N–H and O–H groups in total. The van der Waals surface area contributed by atoms with E-state index in [4.69, 9.17) is 4.74 Å². The summed E-state index contributed by atoms with van der Waals surface area (Å²) in [5, 5.41) is 15.6. The van der Waals surface area contributed by atoms with E-state index in [0.29, 0.717) is 30.7 Å². The van der Waals surface area contributed by atoms with Gasteiger partial charge in [0.1, 0.15) is 0 Å². The number of hydrogen-bond donors (Lipinski definition) is 2. The monoisotopic (exact) mass is 459 g/mol. The van der Waals surface area contributed by atoms with E-state index in [1.807, 2.05) is 29.2 Å². The molecule has 2 saturated heterocycles. The first-order valence-corrected chi connectivity index (χ1v) is 12.1. The molecule has 1 amide bonds. The molecule has 0 saturated carbocycles. The number of benzene rings is 2. The minimum atomic E-state index is -0.693. The van der Waals surface area contributed by atoms with Gasteiger partial charge in [-0.2, -0.15) is 0 Å². The van der Waals surface area contributed by atoms with Crippen molar-refractivity contribution in [3.63, 3.8) is 0 Å². The van der Waals surface area contributed by atoms with Crippen LogP contribution in [-0.4, -0.2) is 57.9 Å². The Morgan fingerprint density at radius 2 is 1.85 bits per heavy atom. The molecular formula is C27H29N3O4. The number of carbonyl (C=O) groups excluding carboxylic acids is 1. The lowest BCUT2D eigenvalue weighted by molar-refractivity contribution is -0.00714. The van der Waals surface area contributed by atoms with Crippen LogP contribution in [0.5, 0.6) is 0 Å². The van der Waals surface area contributed by atoms with Crippen LogP contribution in [0.3, 0.4) is 0 Å². The topological polar surface area (TPSA) is 83.8 Å². The number of fused-ring (bicyclic) bond motifs is 4. The third-order valence-corrected chi connectivity index (χ3v) is 7.66. The van der Waals surface area contributed by atoms with Gasteiger partial charge in [0.05, 0.1) is 37.9 Å². The average Bonchev–Trinajstić information content (AvgIpc) is 3.12. The predicted octanol–water partition coefficient (Wildman–Crippen LogP) is 2.08. The first-order chi connectivity index (χ1) is 16.6. The number of ether oxygens (including phenoxy) is 1. The molecule has 0 spiro atoms. The van der Waals surface area contributed by atoms with Crippen LogP contribution in [0.1, 0.15) is 34.3 Å². The summed E-state index contributed by atoms with van der Waals surface area (Å²) in [5.74, 6) is 0.0148. The van der Waals surface area contributed by atoms with E-state index >= 15 is 0 Å². The van der Waals surface area contributed by atoms with Crippen LogP contribution in [0.4, 0.5) is 0 Å². The van der Waals surface area contributed by atoms with Crippen LogP contribution in [0, 0.1) is 0 Å². The Kier molecular flexibility index (Phi) is 5.48. The largest absolute Gasteiger partial charge is 0.390 e. The van der Waals surface area contributed by atoms with Crippen molar-refractivity contribution in [3.8, 4) is 0 Å². The quantitative estimate of drug-likeness (QED) is 0.624. The van der Waals surface area contributed by atoms with Crippen LogP contribution in [-0.2, 0) is 24.2 Å². The second kappa shape index (κ2) is 8.65. The number of aliphatic hydroxyl groups excluding tert-OH is 1. The lowest BCUT2D eigenvalue weighted by Gasteiger charge is -2.34. The van der Waals surface area contributed by atoms with Gasteiger partial charge in [0.2, 0.25) is 0 Å². The van der Waals surface area contributed by atoms with Gasteiger partial charge in [-0.3, -0.25) is 9.59 Å². The third-order valence-electron chi connectivity index (χ3n) is 7.66. The molecule has 2 fully saturated rings. The Labute approximate surface area is 198 Å². The van der Waals surface area contributed by atoms with Gasteiger partial charge in [0, 0.05) is 29.7 Å². The second-order valence-corrected chi connectivity index (χ2v) is 9.74. The summed E-state index contributed by atoms with van der Waals surface area (Å²) >= 11 is 0. The van der Waals surface area contributed by atoms with Crippen LogP contribution >= 0.6 is 0 Å². The van der Waals surface area contributed by atoms with Crippen molar-refractivity contribution in [2.24, 2.45) is 0 Å². The number of morpholine rings is 1. The summed E-state index contributed by atoms with van der Waals surface area (Å²) in [6, 6.07) is 15.6. The molecule has 2 aromatic carbocycles. The summed E-state index contributed by atoms with van der Waals surface area (Å²) in [4.78, 5) is 28.3. The SMILES string of the molecule is O=C(c1ccc2c(=O)n(C[C@@H](O)[C@@H]3Cc4ccccc4CN3)ccc2c1)N1C2CCC1COC2. The molecule has 4 heterocycles. The zero-order valence-corrected chi connectivity index (χ0v) is 19.0. The summed E-state index contributed by atoms with van der Waals surface area (Å²) in [7, 11) is 0. The summed E-state index contributed by atoms with van der Waals surface area (Å²) in [5.41, 5.74) is 2.94. The van der Waals surface area contributed by atoms with Crippen LogP contribution in [0.15, 0.2) is 59.5 Å². The Bertz CT molecular complexity index is 1290. The lowest BCUT2D eigenvalue weighted by Crippen LogP contribution is -2.49. The zero-order chi connectivity index (χ0) is 23.2. The molecule has 0 radical (unpaired) electrons. The molecule has 3 aliphatic rings. The molecule has 176 valence electrons. The Morgan fingerprint density at radius 1 is 1.09 bits per heavy atom. The molecule has 34 heavy (non-hydrogen) atoms. The summed E-state index contributed by atoms with van der Waals surface area (Å²) < 4.78 is 7.17. The number of pyridine rings is 1. The van der Waals surface area contributed by atoms with Gasteiger partial charge in [-0.15, -0.1) is 0 Å². The molecule has 3 aromatic rings. The standard InChI is InChI=1S/C27H29N3O4/c31-25(24-12-17-3-1-2-4-20(17)13-28-24)14-29-10-9-18-11-19(5-8-23(18)27(29)33)26(32)30-21-6-7-22(30)16-34-15-21/h1-5,8-11,21-22,24-25,28,31H,6-7,12-16H2/t21?,22?,24-,25+/m0/s1. The highest BCUT2D eigenvalue weighted by Crippen LogP contribution is 2.30. The van der Waals surface area contributed by atoms with Gasteiger partial charge in [0.25, 0.3) is 11.5 Å². The first-order valence-electron chi connectivity index (χ1n) is 12.1. The number of carbonyl (C=O) groups is 1. The van der Waals surface area contributed by atoms with Crippen LogP contribution in [0.25, 0.3) is 10.8 Å². The van der Waals surface area contributed by atoms with Gasteiger partial charge in [-0.05, 0) is 60.0 Å². The maximum Gasteiger partial charge on any atom is 0.258 e. The molecule has 2 unspecified atom stereocenters. The summed E-state index contributed by atoms with van der Waals surface area (Å²) in [6.45, 7) is 2.13. The molecule has 2 bridgehead atoms. The minimum absolute atomic E-state index is 0.0148. The van der Waals surface area contributed by atoms with Crippen molar-refractivity contribution in [3.05, 3.63) is 81.8 Å². The highest BCUT2D eigenvalue weighted by atomic mass is 16.5. The number of nitrogens with one attached hydrogen (secondary N) is 1. The highest BCUT2D eigenvalue weighted by molar-refractivity contribution is 5.99. The number of amides is 1. The van der Waals surface area contributed by atoms with Crippen molar-refractivity contribution in [2.45, 2.75) is 56.6 Å². The molecule has 7 heteroatoms. The van der Waals surface area contributed by atoms with E-state index in [2.05, 4.69) is 17.4 Å². The van der Waals surface area contributed by atoms with Crippen molar-refractivity contribution in [1.29, 1.82) is 0 Å². The van der Waals surface area contributed by atoms with E-state index in [1.165, 1.54) is 11.1 Å². The smallest absolute Gasteiger partial charge is 0.258 e. The number of hydrogen-bond acceptors (Lipinski definition) is 5. The van der Waals surface area contributed by atoms with Gasteiger partial charge in [0.15, 0.2) is 0 Å².